The fraction of sp³-hybridized carbons (Fsp3) is 0.333. The van der Waals surface area contributed by atoms with Crippen molar-refractivity contribution in [2.45, 2.75) is 13.0 Å². The number of carbonyl (C=O) groups excluding carboxylic acids is 1. The predicted octanol–water partition coefficient (Wildman–Crippen LogP) is 2.21. The summed E-state index contributed by atoms with van der Waals surface area (Å²) >= 11 is 0. The van der Waals surface area contributed by atoms with Crippen LogP contribution >= 0.6 is 0 Å². The second-order valence-electron chi connectivity index (χ2n) is 5.95. The van der Waals surface area contributed by atoms with Gasteiger partial charge in [-0.15, -0.1) is 0 Å². The van der Waals surface area contributed by atoms with Crippen LogP contribution in [0.4, 0.5) is 0 Å². The molecule has 2 heterocycles. The summed E-state index contributed by atoms with van der Waals surface area (Å²) in [5, 5.41) is 12.0. The molecule has 1 aromatic heterocycles. The van der Waals surface area contributed by atoms with Gasteiger partial charge in [-0.3, -0.25) is 9.69 Å². The summed E-state index contributed by atoms with van der Waals surface area (Å²) in [4.78, 5) is 25.2. The van der Waals surface area contributed by atoms with Crippen LogP contribution in [0.25, 0.3) is 11.3 Å². The second-order valence-corrected chi connectivity index (χ2v) is 5.95. The van der Waals surface area contributed by atoms with Gasteiger partial charge in [0, 0.05) is 19.2 Å². The smallest absolute Gasteiger partial charge is 0.336 e. The van der Waals surface area contributed by atoms with Crippen LogP contribution in [0.3, 0.4) is 0 Å². The third kappa shape index (κ3) is 3.33. The van der Waals surface area contributed by atoms with Gasteiger partial charge in [0.15, 0.2) is 0 Å². The Labute approximate surface area is 140 Å². The zero-order valence-corrected chi connectivity index (χ0v) is 13.5. The zero-order valence-electron chi connectivity index (χ0n) is 13.5. The Morgan fingerprint density at radius 2 is 2.08 bits per heavy atom. The number of amides is 1. The molecule has 1 fully saturated rings. The lowest BCUT2D eigenvalue weighted by Crippen LogP contribution is -2.29. The van der Waals surface area contributed by atoms with Gasteiger partial charge >= 0.3 is 5.97 Å². The molecule has 1 saturated heterocycles. The fourth-order valence-electron chi connectivity index (χ4n) is 3.11. The molecule has 0 radical (unpaired) electrons. The van der Waals surface area contributed by atoms with E-state index in [1.54, 1.807) is 37.4 Å². The van der Waals surface area contributed by atoms with Crippen molar-refractivity contribution in [1.29, 1.82) is 0 Å². The van der Waals surface area contributed by atoms with Crippen molar-refractivity contribution in [3.63, 3.8) is 0 Å². The minimum absolute atomic E-state index is 0.0252. The van der Waals surface area contributed by atoms with Gasteiger partial charge in [0.25, 0.3) is 0 Å². The van der Waals surface area contributed by atoms with Crippen LogP contribution in [-0.2, 0) is 11.3 Å². The number of nitrogens with zero attached hydrogens (tertiary/aromatic N) is 1. The number of aromatic carboxylic acids is 1. The highest BCUT2D eigenvalue weighted by Crippen LogP contribution is 2.27. The molecule has 126 valence electrons. The Hall–Kier alpha value is -2.60. The molecule has 6 nitrogen and oxygen atoms in total. The Kier molecular flexibility index (Phi) is 4.66. The van der Waals surface area contributed by atoms with E-state index in [0.717, 1.165) is 18.7 Å². The van der Waals surface area contributed by atoms with Gasteiger partial charge < -0.3 is 14.8 Å². The van der Waals surface area contributed by atoms with Gasteiger partial charge in [-0.25, -0.2) is 4.79 Å². The molecule has 2 aromatic rings. The van der Waals surface area contributed by atoms with E-state index in [-0.39, 0.29) is 17.4 Å². The van der Waals surface area contributed by atoms with Crippen molar-refractivity contribution in [2.24, 2.45) is 5.92 Å². The molecule has 1 atom stereocenters. The minimum Gasteiger partial charge on any atom is -0.478 e. The summed E-state index contributed by atoms with van der Waals surface area (Å²) < 4.78 is 5.84. The lowest BCUT2D eigenvalue weighted by Gasteiger charge is -2.13. The maximum absolute atomic E-state index is 11.7. The first-order chi connectivity index (χ1) is 11.6. The number of carboxylic acids is 1. The van der Waals surface area contributed by atoms with E-state index in [0.29, 0.717) is 24.4 Å². The van der Waals surface area contributed by atoms with Crippen LogP contribution in [0.15, 0.2) is 40.8 Å². The molecule has 0 unspecified atom stereocenters. The maximum Gasteiger partial charge on any atom is 0.336 e. The summed E-state index contributed by atoms with van der Waals surface area (Å²) in [5.41, 5.74) is 0.792. The lowest BCUT2D eigenvalue weighted by atomic mass is 10.1. The molecule has 24 heavy (non-hydrogen) atoms. The molecule has 0 saturated carbocycles. The molecule has 6 heteroatoms. The number of carboxylic acid groups (broad SMARTS) is 1. The van der Waals surface area contributed by atoms with Gasteiger partial charge in [-0.1, -0.05) is 18.2 Å². The van der Waals surface area contributed by atoms with Gasteiger partial charge in [-0.05, 0) is 31.2 Å². The van der Waals surface area contributed by atoms with Crippen LogP contribution in [-0.4, -0.2) is 42.0 Å². The van der Waals surface area contributed by atoms with Crippen molar-refractivity contribution in [2.75, 3.05) is 20.1 Å². The van der Waals surface area contributed by atoms with Gasteiger partial charge in [-0.2, -0.15) is 0 Å². The topological polar surface area (TPSA) is 82.8 Å². The van der Waals surface area contributed by atoms with Crippen molar-refractivity contribution < 1.29 is 19.1 Å². The molecule has 2 N–H and O–H groups in total. The van der Waals surface area contributed by atoms with Crippen LogP contribution in [0.1, 0.15) is 22.5 Å². The summed E-state index contributed by atoms with van der Waals surface area (Å²) in [6.45, 7) is 2.17. The Bertz CT molecular complexity index is 753. The monoisotopic (exact) mass is 328 g/mol. The van der Waals surface area contributed by atoms with E-state index in [9.17, 15) is 14.7 Å². The van der Waals surface area contributed by atoms with Gasteiger partial charge in [0.1, 0.15) is 11.5 Å². The third-order valence-corrected chi connectivity index (χ3v) is 4.35. The quantitative estimate of drug-likeness (QED) is 0.879. The molecular weight excluding hydrogens is 308 g/mol. The predicted molar refractivity (Wildman–Crippen MR) is 88.6 cm³/mol. The molecule has 3 rings (SSSR count). The second kappa shape index (κ2) is 6.88. The third-order valence-electron chi connectivity index (χ3n) is 4.35. The number of rotatable bonds is 5. The Morgan fingerprint density at radius 1 is 1.29 bits per heavy atom. The van der Waals surface area contributed by atoms with E-state index in [1.807, 2.05) is 6.07 Å². The van der Waals surface area contributed by atoms with Crippen LogP contribution in [0.5, 0.6) is 0 Å². The molecule has 1 aromatic carbocycles. The van der Waals surface area contributed by atoms with Crippen molar-refractivity contribution in [3.05, 3.63) is 47.7 Å². The number of carbonyl (C=O) groups is 2. The molecule has 0 aliphatic carbocycles. The van der Waals surface area contributed by atoms with Crippen molar-refractivity contribution >= 4 is 11.9 Å². The van der Waals surface area contributed by atoms with E-state index < -0.39 is 5.97 Å². The minimum atomic E-state index is -0.975. The SMILES string of the molecule is CNC(=O)[C@@H]1CCN(Cc2ccc(-c3ccccc3C(=O)O)o2)C1. The Morgan fingerprint density at radius 3 is 2.83 bits per heavy atom. The lowest BCUT2D eigenvalue weighted by molar-refractivity contribution is -0.124. The summed E-state index contributed by atoms with van der Waals surface area (Å²) in [6.07, 6.45) is 0.842. The molecular formula is C18H20N2O4. The zero-order chi connectivity index (χ0) is 17.1. The summed E-state index contributed by atoms with van der Waals surface area (Å²) in [5.74, 6) is 0.439. The van der Waals surface area contributed by atoms with Crippen molar-refractivity contribution in [1.82, 2.24) is 10.2 Å². The number of hydrogen-bond acceptors (Lipinski definition) is 4. The number of benzene rings is 1. The normalized spacial score (nSPS) is 17.8. The highest BCUT2D eigenvalue weighted by atomic mass is 16.4. The van der Waals surface area contributed by atoms with E-state index in [1.165, 1.54) is 0 Å². The largest absolute Gasteiger partial charge is 0.478 e. The standard InChI is InChI=1S/C18H20N2O4/c1-19-17(21)12-8-9-20(10-12)11-13-6-7-16(24-13)14-4-2-3-5-15(14)18(22)23/h2-7,12H,8-11H2,1H3,(H,19,21)(H,22,23)/t12-/m1/s1. The molecule has 1 amide bonds. The number of furan rings is 1. The first-order valence-corrected chi connectivity index (χ1v) is 7.94. The number of likely N-dealkylation sites (tertiary alicyclic amines) is 1. The average Bonchev–Trinajstić information content (AvgIpc) is 3.24. The Balaban J connectivity index is 1.71. The summed E-state index contributed by atoms with van der Waals surface area (Å²) in [6, 6.07) is 10.4. The maximum atomic E-state index is 11.7. The van der Waals surface area contributed by atoms with Gasteiger partial charge in [0.2, 0.25) is 5.91 Å². The fourth-order valence-corrected chi connectivity index (χ4v) is 3.11. The highest BCUT2D eigenvalue weighted by molar-refractivity contribution is 5.95. The number of hydrogen-bond donors (Lipinski definition) is 2. The van der Waals surface area contributed by atoms with Crippen molar-refractivity contribution in [3.8, 4) is 11.3 Å². The van der Waals surface area contributed by atoms with E-state index in [4.69, 9.17) is 4.42 Å². The first-order valence-electron chi connectivity index (χ1n) is 7.94. The van der Waals surface area contributed by atoms with Crippen LogP contribution in [0, 0.1) is 5.92 Å². The number of nitrogens with one attached hydrogen (secondary N) is 1. The summed E-state index contributed by atoms with van der Waals surface area (Å²) in [7, 11) is 1.66. The molecule has 1 aliphatic heterocycles. The van der Waals surface area contributed by atoms with Crippen LogP contribution in [0.2, 0.25) is 0 Å². The van der Waals surface area contributed by atoms with Crippen LogP contribution < -0.4 is 5.32 Å². The highest BCUT2D eigenvalue weighted by Gasteiger charge is 2.28. The molecule has 1 aliphatic rings. The first kappa shape index (κ1) is 16.3. The van der Waals surface area contributed by atoms with E-state index >= 15 is 0 Å². The van der Waals surface area contributed by atoms with Gasteiger partial charge in [0.05, 0.1) is 18.0 Å². The van der Waals surface area contributed by atoms with E-state index in [2.05, 4.69) is 10.2 Å². The molecule has 0 bridgehead atoms. The average molecular weight is 328 g/mol. The molecule has 0 spiro atoms.